The first kappa shape index (κ1) is 29.6. The zero-order valence-corrected chi connectivity index (χ0v) is 25.1. The van der Waals surface area contributed by atoms with Gasteiger partial charge in [0.05, 0.1) is 23.4 Å². The van der Waals surface area contributed by atoms with Gasteiger partial charge in [-0.25, -0.2) is 13.4 Å². The van der Waals surface area contributed by atoms with Crippen LogP contribution in [0, 0.1) is 0 Å². The SMILES string of the molecule is CCCC(=O)N1CCN(Cc2cnc(NC(=O)C(=NO[C@@H]3CCOC3)c3ccc(S(=O)(=O)C4CC4)cc3)s2)C[C@@H]1C. The summed E-state index contributed by atoms with van der Waals surface area (Å²) in [6.07, 6.45) is 4.96. The number of aromatic nitrogens is 1. The van der Waals surface area contributed by atoms with E-state index in [1.54, 1.807) is 18.3 Å². The van der Waals surface area contributed by atoms with Crippen molar-refractivity contribution in [1.82, 2.24) is 14.8 Å². The molecule has 3 fully saturated rings. The Labute approximate surface area is 244 Å². The van der Waals surface area contributed by atoms with Crippen molar-refractivity contribution in [3.05, 3.63) is 40.9 Å². The minimum absolute atomic E-state index is 0.0331. The molecule has 0 spiro atoms. The van der Waals surface area contributed by atoms with Crippen molar-refractivity contribution in [2.24, 2.45) is 5.16 Å². The van der Waals surface area contributed by atoms with Gasteiger partial charge < -0.3 is 14.5 Å². The first-order valence-corrected chi connectivity index (χ1v) is 16.5. The average Bonchev–Trinajstić information content (AvgIpc) is 3.53. The molecule has 1 aliphatic carbocycles. The third-order valence-electron chi connectivity index (χ3n) is 7.46. The van der Waals surface area contributed by atoms with E-state index >= 15 is 0 Å². The van der Waals surface area contributed by atoms with Gasteiger partial charge in [-0.1, -0.05) is 24.2 Å². The minimum Gasteiger partial charge on any atom is -0.389 e. The Bertz CT molecular complexity index is 1370. The Balaban J connectivity index is 1.24. The maximum absolute atomic E-state index is 13.4. The van der Waals surface area contributed by atoms with Crippen LogP contribution in [0.25, 0.3) is 0 Å². The van der Waals surface area contributed by atoms with Crippen molar-refractivity contribution < 1.29 is 27.6 Å². The molecule has 222 valence electrons. The van der Waals surface area contributed by atoms with Gasteiger partial charge in [0.1, 0.15) is 0 Å². The molecular weight excluding hydrogens is 566 g/mol. The zero-order valence-electron chi connectivity index (χ0n) is 23.5. The predicted molar refractivity (Wildman–Crippen MR) is 156 cm³/mol. The van der Waals surface area contributed by atoms with Gasteiger partial charge in [-0.05, 0) is 38.3 Å². The molecule has 11 nitrogen and oxygen atoms in total. The van der Waals surface area contributed by atoms with Crippen LogP contribution < -0.4 is 5.32 Å². The maximum Gasteiger partial charge on any atom is 0.280 e. The Morgan fingerprint density at radius 3 is 2.63 bits per heavy atom. The van der Waals surface area contributed by atoms with Gasteiger partial charge in [0.2, 0.25) is 5.91 Å². The summed E-state index contributed by atoms with van der Waals surface area (Å²) in [7, 11) is -3.35. The number of amides is 2. The molecule has 0 unspecified atom stereocenters. The smallest absolute Gasteiger partial charge is 0.280 e. The van der Waals surface area contributed by atoms with Crippen LogP contribution in [-0.2, 0) is 35.5 Å². The molecule has 3 aliphatic rings. The molecule has 2 aromatic rings. The highest BCUT2D eigenvalue weighted by molar-refractivity contribution is 7.92. The number of hydrogen-bond acceptors (Lipinski definition) is 10. The molecule has 1 saturated carbocycles. The molecule has 41 heavy (non-hydrogen) atoms. The Morgan fingerprint density at radius 1 is 1.20 bits per heavy atom. The molecule has 3 heterocycles. The normalized spacial score (nSPS) is 22.1. The van der Waals surface area contributed by atoms with E-state index in [-0.39, 0.29) is 33.9 Å². The second-order valence-corrected chi connectivity index (χ2v) is 14.2. The Morgan fingerprint density at radius 2 is 1.98 bits per heavy atom. The number of hydrogen-bond donors (Lipinski definition) is 1. The summed E-state index contributed by atoms with van der Waals surface area (Å²) < 4.78 is 30.6. The summed E-state index contributed by atoms with van der Waals surface area (Å²) in [5.74, 6) is -0.289. The quantitative estimate of drug-likeness (QED) is 0.306. The fourth-order valence-electron chi connectivity index (χ4n) is 5.04. The third-order valence-corrected chi connectivity index (χ3v) is 10.6. The number of thiazole rings is 1. The molecule has 13 heteroatoms. The molecule has 2 aliphatic heterocycles. The van der Waals surface area contributed by atoms with Crippen molar-refractivity contribution >= 4 is 43.8 Å². The molecule has 2 saturated heterocycles. The molecule has 1 aromatic heterocycles. The van der Waals surface area contributed by atoms with E-state index in [1.165, 1.54) is 23.5 Å². The van der Waals surface area contributed by atoms with Crippen LogP contribution in [0.2, 0.25) is 0 Å². The second kappa shape index (κ2) is 13.0. The number of carbonyl (C=O) groups excluding carboxylic acids is 2. The van der Waals surface area contributed by atoms with Crippen molar-refractivity contribution in [2.75, 3.05) is 38.2 Å². The van der Waals surface area contributed by atoms with Gasteiger partial charge in [0.25, 0.3) is 5.91 Å². The number of rotatable bonds is 11. The van der Waals surface area contributed by atoms with Crippen LogP contribution in [-0.4, -0.2) is 91.0 Å². The second-order valence-electron chi connectivity index (χ2n) is 10.8. The summed E-state index contributed by atoms with van der Waals surface area (Å²) >= 11 is 1.38. The predicted octanol–water partition coefficient (Wildman–Crippen LogP) is 3.06. The van der Waals surface area contributed by atoms with E-state index in [0.29, 0.717) is 62.7 Å². The highest BCUT2D eigenvalue weighted by Gasteiger charge is 2.37. The molecular formula is C28H37N5O6S2. The van der Waals surface area contributed by atoms with Gasteiger partial charge in [0, 0.05) is 61.7 Å². The van der Waals surface area contributed by atoms with Crippen LogP contribution in [0.4, 0.5) is 5.13 Å². The molecule has 0 bridgehead atoms. The van der Waals surface area contributed by atoms with Crippen LogP contribution in [0.3, 0.4) is 0 Å². The highest BCUT2D eigenvalue weighted by Crippen LogP contribution is 2.33. The largest absolute Gasteiger partial charge is 0.389 e. The maximum atomic E-state index is 13.4. The molecule has 0 radical (unpaired) electrons. The number of carbonyl (C=O) groups is 2. The fraction of sp³-hybridized carbons (Fsp3) is 0.571. The minimum atomic E-state index is -3.35. The van der Waals surface area contributed by atoms with E-state index in [9.17, 15) is 18.0 Å². The number of anilines is 1. The lowest BCUT2D eigenvalue weighted by Crippen LogP contribution is -2.53. The molecule has 2 amide bonds. The van der Waals surface area contributed by atoms with Gasteiger partial charge in [-0.3, -0.25) is 19.8 Å². The van der Waals surface area contributed by atoms with E-state index < -0.39 is 15.7 Å². The third kappa shape index (κ3) is 7.32. The number of piperazine rings is 1. The number of oxime groups is 1. The topological polar surface area (TPSA) is 130 Å². The van der Waals surface area contributed by atoms with Crippen molar-refractivity contribution in [3.8, 4) is 0 Å². The summed E-state index contributed by atoms with van der Waals surface area (Å²) in [4.78, 5) is 41.2. The summed E-state index contributed by atoms with van der Waals surface area (Å²) in [6, 6.07) is 6.35. The summed E-state index contributed by atoms with van der Waals surface area (Å²) in [5.41, 5.74) is 0.475. The van der Waals surface area contributed by atoms with Crippen molar-refractivity contribution in [3.63, 3.8) is 0 Å². The lowest BCUT2D eigenvalue weighted by Gasteiger charge is -2.39. The number of benzene rings is 1. The first-order valence-electron chi connectivity index (χ1n) is 14.2. The number of nitrogens with one attached hydrogen (secondary N) is 1. The Hall–Kier alpha value is -2.87. The van der Waals surface area contributed by atoms with E-state index in [4.69, 9.17) is 9.57 Å². The lowest BCUT2D eigenvalue weighted by molar-refractivity contribution is -0.135. The lowest BCUT2D eigenvalue weighted by atomic mass is 10.1. The summed E-state index contributed by atoms with van der Waals surface area (Å²) in [5, 5.41) is 7.11. The Kier molecular flexibility index (Phi) is 9.37. The molecule has 5 rings (SSSR count). The van der Waals surface area contributed by atoms with Gasteiger partial charge in [-0.15, -0.1) is 11.3 Å². The van der Waals surface area contributed by atoms with Crippen molar-refractivity contribution in [1.29, 1.82) is 0 Å². The van der Waals surface area contributed by atoms with Gasteiger partial charge in [-0.2, -0.15) is 0 Å². The van der Waals surface area contributed by atoms with Crippen LogP contribution in [0.15, 0.2) is 40.5 Å². The van der Waals surface area contributed by atoms with E-state index in [1.807, 2.05) is 11.8 Å². The van der Waals surface area contributed by atoms with E-state index in [2.05, 4.69) is 27.3 Å². The zero-order chi connectivity index (χ0) is 29.0. The highest BCUT2D eigenvalue weighted by atomic mass is 32.2. The van der Waals surface area contributed by atoms with Gasteiger partial charge >= 0.3 is 0 Å². The van der Waals surface area contributed by atoms with Gasteiger partial charge in [0.15, 0.2) is 26.8 Å². The fourth-order valence-corrected chi connectivity index (χ4v) is 7.55. The van der Waals surface area contributed by atoms with Crippen LogP contribution in [0.5, 0.6) is 0 Å². The monoisotopic (exact) mass is 603 g/mol. The number of nitrogens with zero attached hydrogens (tertiary/aromatic N) is 4. The number of ether oxygens (including phenoxy) is 1. The van der Waals surface area contributed by atoms with Crippen molar-refractivity contribution in [2.45, 2.75) is 74.8 Å². The van der Waals surface area contributed by atoms with Crippen LogP contribution in [0.1, 0.15) is 56.4 Å². The standard InChI is InChI=1S/C28H37N5O6S2/c1-3-4-25(34)33-13-12-32(16-19(33)2)17-22-15-29-28(40-22)30-27(35)26(31-39-21-11-14-38-18-21)20-5-7-23(8-6-20)41(36,37)24-9-10-24/h5-8,15,19,21,24H,3-4,9-14,16-18H2,1-2H3,(H,29,30,35)/t19-,21+/m0/s1. The molecule has 1 aromatic carbocycles. The molecule has 2 atom stereocenters. The number of sulfone groups is 1. The molecule has 1 N–H and O–H groups in total. The van der Waals surface area contributed by atoms with Crippen LogP contribution >= 0.6 is 11.3 Å². The summed E-state index contributed by atoms with van der Waals surface area (Å²) in [6.45, 7) is 8.00. The first-order chi connectivity index (χ1) is 19.7. The van der Waals surface area contributed by atoms with E-state index in [0.717, 1.165) is 24.4 Å². The average molecular weight is 604 g/mol.